The van der Waals surface area contributed by atoms with E-state index >= 15 is 9.59 Å². The number of hydrogen-bond donors (Lipinski definition) is 0. The Balaban J connectivity index is 1.20. The number of fused-ring (bicyclic) bond motifs is 7. The van der Waals surface area contributed by atoms with Gasteiger partial charge in [-0.15, -0.1) is 68.0 Å². The van der Waals surface area contributed by atoms with E-state index in [1.807, 2.05) is 72.8 Å². The van der Waals surface area contributed by atoms with Crippen molar-refractivity contribution in [2.24, 2.45) is 9.98 Å². The number of benzene rings is 2. The van der Waals surface area contributed by atoms with Crippen molar-refractivity contribution in [1.29, 1.82) is 21.0 Å². The van der Waals surface area contributed by atoms with Gasteiger partial charge in [0.25, 0.3) is 0 Å². The van der Waals surface area contributed by atoms with E-state index in [4.69, 9.17) is 20.0 Å². The number of nitriles is 4. The van der Waals surface area contributed by atoms with E-state index in [0.29, 0.717) is 26.0 Å². The van der Waals surface area contributed by atoms with Gasteiger partial charge in [0.1, 0.15) is 47.5 Å². The van der Waals surface area contributed by atoms with E-state index in [1.165, 1.54) is 34.0 Å². The Morgan fingerprint density at radius 1 is 0.559 bits per heavy atom. The zero-order valence-corrected chi connectivity index (χ0v) is 34.8. The van der Waals surface area contributed by atoms with E-state index in [2.05, 4.69) is 16.1 Å². The Morgan fingerprint density at radius 2 is 1.08 bits per heavy atom. The molecule has 1 aliphatic rings. The van der Waals surface area contributed by atoms with Gasteiger partial charge in [-0.2, -0.15) is 21.0 Å². The summed E-state index contributed by atoms with van der Waals surface area (Å²) in [5.74, 6) is -1.57. The summed E-state index contributed by atoms with van der Waals surface area (Å²) in [4.78, 5) is 41.7. The summed E-state index contributed by atoms with van der Waals surface area (Å²) in [5.41, 5.74) is -0.212. The van der Waals surface area contributed by atoms with Gasteiger partial charge in [-0.25, -0.2) is 9.98 Å². The van der Waals surface area contributed by atoms with Gasteiger partial charge in [-0.1, -0.05) is 60.7 Å². The highest BCUT2D eigenvalue weighted by atomic mass is 32.1. The molecule has 6 heterocycles. The lowest BCUT2D eigenvalue weighted by Gasteiger charge is -2.29. The molecule has 282 valence electrons. The van der Waals surface area contributed by atoms with Crippen LogP contribution in [0.15, 0.2) is 101 Å². The molecule has 8 aromatic rings. The first-order chi connectivity index (χ1) is 28.8. The Labute approximate surface area is 359 Å². The second-order valence-corrected chi connectivity index (χ2v) is 19.0. The van der Waals surface area contributed by atoms with Gasteiger partial charge in [-0.05, 0) is 47.5 Å². The van der Waals surface area contributed by atoms with Gasteiger partial charge in [0, 0.05) is 35.3 Å². The molecule has 59 heavy (non-hydrogen) atoms. The minimum absolute atomic E-state index is 0.0842. The van der Waals surface area contributed by atoms with Crippen LogP contribution < -0.4 is 0 Å². The number of hydrogen-bond acceptors (Lipinski definition) is 16. The minimum Gasteiger partial charge on any atom is -0.459 e. The fraction of sp³-hybridized carbons (Fsp3) is 0.0698. The van der Waals surface area contributed by atoms with Crippen LogP contribution in [0.2, 0.25) is 0 Å². The third-order valence-corrected chi connectivity index (χ3v) is 16.8. The molecular weight excluding hydrogens is 857 g/mol. The van der Waals surface area contributed by atoms with Crippen molar-refractivity contribution < 1.29 is 19.1 Å². The molecule has 0 atom stereocenters. The lowest BCUT2D eigenvalue weighted by Crippen LogP contribution is -2.45. The molecule has 2 aromatic carbocycles. The first-order valence-electron chi connectivity index (χ1n) is 17.4. The second-order valence-electron chi connectivity index (χ2n) is 12.7. The largest absolute Gasteiger partial charge is 0.459 e. The zero-order chi connectivity index (χ0) is 40.7. The number of thiophene rings is 6. The highest BCUT2D eigenvalue weighted by molar-refractivity contribution is 7.45. The number of ether oxygens (including phenoxy) is 2. The molecular formula is C43H20N6O4S6. The van der Waals surface area contributed by atoms with Gasteiger partial charge in [-0.3, -0.25) is 9.59 Å². The summed E-state index contributed by atoms with van der Waals surface area (Å²) >= 11 is 8.83. The molecule has 0 unspecified atom stereocenters. The van der Waals surface area contributed by atoms with Crippen molar-refractivity contribution in [2.45, 2.75) is 18.6 Å². The van der Waals surface area contributed by atoms with E-state index in [9.17, 15) is 10.5 Å². The van der Waals surface area contributed by atoms with Gasteiger partial charge in [0.05, 0.1) is 23.5 Å². The molecule has 0 fully saturated rings. The zero-order valence-electron chi connectivity index (χ0n) is 29.9. The predicted molar refractivity (Wildman–Crippen MR) is 237 cm³/mol. The van der Waals surface area contributed by atoms with Crippen LogP contribution in [0.1, 0.15) is 26.4 Å². The number of nitrogens with zero attached hydrogens (tertiary/aromatic N) is 6. The van der Waals surface area contributed by atoms with Crippen molar-refractivity contribution in [2.75, 3.05) is 0 Å². The van der Waals surface area contributed by atoms with E-state index in [1.54, 1.807) is 65.1 Å². The number of esters is 2. The summed E-state index contributed by atoms with van der Waals surface area (Å²) in [5, 5.41) is 38.0. The molecule has 0 aliphatic heterocycles. The summed E-state index contributed by atoms with van der Waals surface area (Å²) in [7, 11) is 0. The van der Waals surface area contributed by atoms with Crippen molar-refractivity contribution in [1.82, 2.24) is 0 Å². The van der Waals surface area contributed by atoms with E-state index in [0.717, 1.165) is 65.3 Å². The quantitative estimate of drug-likeness (QED) is 0.0741. The maximum atomic E-state index is 15.1. The molecule has 1 aliphatic carbocycles. The number of aliphatic imine (C=N–C) groups is 2. The monoisotopic (exact) mass is 876 g/mol. The molecule has 0 spiro atoms. The number of rotatable bonds is 10. The normalized spacial score (nSPS) is 12.5. The lowest BCUT2D eigenvalue weighted by molar-refractivity contribution is -0.163. The fourth-order valence-corrected chi connectivity index (χ4v) is 14.5. The molecule has 0 saturated carbocycles. The van der Waals surface area contributed by atoms with Crippen LogP contribution in [0, 0.1) is 45.3 Å². The number of carbonyl (C=O) groups is 2. The molecule has 6 aromatic heterocycles. The van der Waals surface area contributed by atoms with Crippen molar-refractivity contribution in [3.05, 3.63) is 117 Å². The van der Waals surface area contributed by atoms with Gasteiger partial charge < -0.3 is 9.47 Å². The molecule has 0 N–H and O–H groups in total. The fourth-order valence-electron chi connectivity index (χ4n) is 6.69. The summed E-state index contributed by atoms with van der Waals surface area (Å²) in [6, 6.07) is 34.9. The summed E-state index contributed by atoms with van der Waals surface area (Å²) < 4.78 is 18.2. The molecule has 0 saturated heterocycles. The van der Waals surface area contributed by atoms with E-state index in [-0.39, 0.29) is 24.6 Å². The molecule has 0 amide bonds. The smallest absolute Gasteiger partial charge is 0.333 e. The van der Waals surface area contributed by atoms with Crippen molar-refractivity contribution >= 4 is 141 Å². The first kappa shape index (κ1) is 37.9. The predicted octanol–water partition coefficient (Wildman–Crippen LogP) is 11.7. The van der Waals surface area contributed by atoms with Crippen LogP contribution >= 0.6 is 68.0 Å². The highest BCUT2D eigenvalue weighted by Gasteiger charge is 2.60. The van der Waals surface area contributed by atoms with Crippen LogP contribution in [0.4, 0.5) is 10.0 Å². The van der Waals surface area contributed by atoms with Crippen LogP contribution in [0.3, 0.4) is 0 Å². The van der Waals surface area contributed by atoms with E-state index < -0.39 is 17.4 Å². The Morgan fingerprint density at radius 3 is 1.66 bits per heavy atom. The van der Waals surface area contributed by atoms with Crippen LogP contribution in [0.25, 0.3) is 49.6 Å². The Kier molecular flexibility index (Phi) is 10.1. The third-order valence-electron chi connectivity index (χ3n) is 9.28. The molecule has 10 nitrogen and oxygen atoms in total. The number of carbonyl (C=O) groups excluding carboxylic acids is 2. The Bertz CT molecular complexity index is 3190. The lowest BCUT2D eigenvalue weighted by atomic mass is 9.77. The Hall–Kier alpha value is -6.60. The topological polar surface area (TPSA) is 172 Å². The minimum atomic E-state index is -2.04. The van der Waals surface area contributed by atoms with Gasteiger partial charge in [0.15, 0.2) is 0 Å². The van der Waals surface area contributed by atoms with Gasteiger partial charge >= 0.3 is 11.9 Å². The molecule has 16 heteroatoms. The van der Waals surface area contributed by atoms with Crippen molar-refractivity contribution in [3.63, 3.8) is 0 Å². The van der Waals surface area contributed by atoms with Crippen LogP contribution in [0.5, 0.6) is 0 Å². The molecule has 0 bridgehead atoms. The second kappa shape index (κ2) is 15.6. The van der Waals surface area contributed by atoms with Gasteiger partial charge in [0.2, 0.25) is 16.8 Å². The highest BCUT2D eigenvalue weighted by Crippen LogP contribution is 2.60. The van der Waals surface area contributed by atoms with Crippen LogP contribution in [-0.2, 0) is 37.7 Å². The first-order valence-corrected chi connectivity index (χ1v) is 22.3. The summed E-state index contributed by atoms with van der Waals surface area (Å²) in [6.07, 6.45) is 1.86. The average molecular weight is 877 g/mol. The van der Waals surface area contributed by atoms with Crippen LogP contribution in [-0.4, -0.2) is 23.4 Å². The third kappa shape index (κ3) is 6.64. The maximum absolute atomic E-state index is 15.1. The summed E-state index contributed by atoms with van der Waals surface area (Å²) in [6.45, 7) is -0.168. The molecule has 9 rings (SSSR count). The average Bonchev–Trinajstić information content (AvgIpc) is 4.13. The standard InChI is InChI=1S/C43H20N6O4S6/c44-17-25(18-45)48-33-13-11-28(54-33)27-15-31-35(43(27,41(50)52-21-23-7-3-1-4-8-23)42(51)53-22-24-9-5-2-6-10-24)37-39(57-31)40-38(59-37)36-32(58-40)16-30(56-36)29-12-14-34(55-29)49-26(19-46)20-47/h1-16H,21-22H2. The maximum Gasteiger partial charge on any atom is 0.333 e. The SMILES string of the molecule is N#CC(C#N)=Nc1ccc(C2=Cc3sc4c(sc5c6sc(-c7ccc(N=C(C#N)C#N)s7)cc6sc45)c3C2(C(=O)OCc2ccccc2)C(=O)OCc2ccccc2)s1. The molecule has 0 radical (unpaired) electrons. The van der Waals surface area contributed by atoms with Crippen molar-refractivity contribution in [3.8, 4) is 34.0 Å².